The number of likely N-dealkylation sites (N-methyl/N-ethyl adjacent to an activating group) is 1. The molecule has 0 aliphatic carbocycles. The van der Waals surface area contributed by atoms with Crippen LogP contribution in [-0.4, -0.2) is 42.1 Å². The van der Waals surface area contributed by atoms with Gasteiger partial charge in [0.25, 0.3) is 0 Å². The van der Waals surface area contributed by atoms with Gasteiger partial charge in [-0.3, -0.25) is 11.3 Å². The average Bonchev–Trinajstić information content (AvgIpc) is 2.41. The van der Waals surface area contributed by atoms with Crippen molar-refractivity contribution in [2.75, 3.05) is 25.1 Å². The molecule has 0 bridgehead atoms. The van der Waals surface area contributed by atoms with E-state index in [2.05, 4.69) is 17.4 Å². The fourth-order valence-electron chi connectivity index (χ4n) is 2.38. The molecule has 19 heavy (non-hydrogen) atoms. The van der Waals surface area contributed by atoms with Crippen molar-refractivity contribution in [2.24, 2.45) is 5.84 Å². The maximum atomic E-state index is 13.5. The number of nitrogens with one attached hydrogen (secondary N) is 1. The Morgan fingerprint density at radius 3 is 3.11 bits per heavy atom. The van der Waals surface area contributed by atoms with Crippen molar-refractivity contribution in [3.05, 3.63) is 34.6 Å². The third-order valence-electron chi connectivity index (χ3n) is 3.59. The van der Waals surface area contributed by atoms with E-state index in [0.29, 0.717) is 12.5 Å². The van der Waals surface area contributed by atoms with Crippen molar-refractivity contribution in [3.8, 4) is 0 Å². The molecule has 2 unspecified atom stereocenters. The van der Waals surface area contributed by atoms with Gasteiger partial charge in [0.2, 0.25) is 0 Å². The SMILES string of the molecule is CN1CCSCC1C(Cc1cccc(F)c1Cl)NN. The highest BCUT2D eigenvalue weighted by Crippen LogP contribution is 2.24. The summed E-state index contributed by atoms with van der Waals surface area (Å²) in [6.07, 6.45) is 0.628. The summed E-state index contributed by atoms with van der Waals surface area (Å²) in [5, 5.41) is 0.203. The molecule has 0 aromatic heterocycles. The number of benzene rings is 1. The van der Waals surface area contributed by atoms with E-state index >= 15 is 0 Å². The number of halogens is 2. The first-order valence-electron chi connectivity index (χ1n) is 6.30. The Balaban J connectivity index is 2.12. The summed E-state index contributed by atoms with van der Waals surface area (Å²) in [4.78, 5) is 2.30. The summed E-state index contributed by atoms with van der Waals surface area (Å²) >= 11 is 7.93. The standard InChI is InChI=1S/C13H19ClFN3S/c1-18-5-6-19-8-12(18)11(17-16)7-9-3-2-4-10(15)13(9)14/h2-4,11-12,17H,5-8,16H2,1H3. The molecule has 1 aromatic rings. The summed E-state index contributed by atoms with van der Waals surface area (Å²) in [5.74, 6) is 7.48. The Kier molecular flexibility index (Phi) is 5.47. The monoisotopic (exact) mass is 303 g/mol. The minimum atomic E-state index is -0.374. The number of nitrogens with zero attached hydrogens (tertiary/aromatic N) is 1. The molecule has 6 heteroatoms. The normalized spacial score (nSPS) is 22.4. The van der Waals surface area contributed by atoms with Crippen LogP contribution in [0.3, 0.4) is 0 Å². The van der Waals surface area contributed by atoms with Crippen molar-refractivity contribution in [1.82, 2.24) is 10.3 Å². The molecule has 1 fully saturated rings. The van der Waals surface area contributed by atoms with E-state index in [1.807, 2.05) is 17.8 Å². The van der Waals surface area contributed by atoms with Gasteiger partial charge in [-0.1, -0.05) is 23.7 Å². The van der Waals surface area contributed by atoms with Gasteiger partial charge in [-0.05, 0) is 25.1 Å². The largest absolute Gasteiger partial charge is 0.300 e. The lowest BCUT2D eigenvalue weighted by Gasteiger charge is -2.37. The summed E-state index contributed by atoms with van der Waals surface area (Å²) in [7, 11) is 2.10. The van der Waals surface area contributed by atoms with Gasteiger partial charge in [0.15, 0.2) is 0 Å². The third-order valence-corrected chi connectivity index (χ3v) is 5.06. The molecule has 2 rings (SSSR count). The van der Waals surface area contributed by atoms with Crippen molar-refractivity contribution < 1.29 is 4.39 Å². The molecule has 1 aliphatic heterocycles. The highest BCUT2D eigenvalue weighted by molar-refractivity contribution is 7.99. The third kappa shape index (κ3) is 3.61. The quantitative estimate of drug-likeness (QED) is 0.658. The average molecular weight is 304 g/mol. The number of rotatable bonds is 4. The van der Waals surface area contributed by atoms with Crippen molar-refractivity contribution >= 4 is 23.4 Å². The molecule has 1 aromatic carbocycles. The van der Waals surface area contributed by atoms with Gasteiger partial charge < -0.3 is 4.90 Å². The topological polar surface area (TPSA) is 41.3 Å². The van der Waals surface area contributed by atoms with Crippen LogP contribution >= 0.6 is 23.4 Å². The van der Waals surface area contributed by atoms with Crippen LogP contribution in [0.25, 0.3) is 0 Å². The summed E-state index contributed by atoms with van der Waals surface area (Å²) in [5.41, 5.74) is 3.66. The number of nitrogens with two attached hydrogens (primary N) is 1. The van der Waals surface area contributed by atoms with Crippen LogP contribution in [0.15, 0.2) is 18.2 Å². The second-order valence-corrected chi connectivity index (χ2v) is 6.34. The lowest BCUT2D eigenvalue weighted by Crippen LogP contribution is -2.55. The van der Waals surface area contributed by atoms with Crippen molar-refractivity contribution in [3.63, 3.8) is 0 Å². The van der Waals surface area contributed by atoms with Gasteiger partial charge in [-0.2, -0.15) is 11.8 Å². The molecule has 1 aliphatic rings. The van der Waals surface area contributed by atoms with E-state index in [4.69, 9.17) is 17.4 Å². The summed E-state index contributed by atoms with van der Waals surface area (Å²) in [6.45, 7) is 1.05. The van der Waals surface area contributed by atoms with Crippen LogP contribution in [-0.2, 0) is 6.42 Å². The van der Waals surface area contributed by atoms with Gasteiger partial charge in [-0.25, -0.2) is 4.39 Å². The molecule has 106 valence electrons. The number of hydrazine groups is 1. The van der Waals surface area contributed by atoms with Crippen molar-refractivity contribution in [1.29, 1.82) is 0 Å². The predicted octanol–water partition coefficient (Wildman–Crippen LogP) is 1.90. The maximum absolute atomic E-state index is 13.5. The van der Waals surface area contributed by atoms with Gasteiger partial charge in [-0.15, -0.1) is 0 Å². The minimum Gasteiger partial charge on any atom is -0.300 e. The van der Waals surface area contributed by atoms with E-state index < -0.39 is 0 Å². The minimum absolute atomic E-state index is 0.0668. The first-order chi connectivity index (χ1) is 9.13. The van der Waals surface area contributed by atoms with Crippen LogP contribution in [0.5, 0.6) is 0 Å². The number of thioether (sulfide) groups is 1. The van der Waals surface area contributed by atoms with Crippen LogP contribution in [0.1, 0.15) is 5.56 Å². The molecule has 0 spiro atoms. The van der Waals surface area contributed by atoms with E-state index in [9.17, 15) is 4.39 Å². The zero-order valence-electron chi connectivity index (χ0n) is 10.9. The van der Waals surface area contributed by atoms with Crippen molar-refractivity contribution in [2.45, 2.75) is 18.5 Å². The molecule has 0 saturated carbocycles. The van der Waals surface area contributed by atoms with Crippen LogP contribution in [0, 0.1) is 5.82 Å². The number of hydrogen-bond acceptors (Lipinski definition) is 4. The lowest BCUT2D eigenvalue weighted by atomic mass is 9.99. The number of hydrogen-bond donors (Lipinski definition) is 2. The molecule has 0 amide bonds. The van der Waals surface area contributed by atoms with Crippen LogP contribution in [0.4, 0.5) is 4.39 Å². The summed E-state index contributed by atoms with van der Waals surface area (Å²) < 4.78 is 13.5. The Bertz CT molecular complexity index is 432. The second-order valence-electron chi connectivity index (χ2n) is 4.81. The van der Waals surface area contributed by atoms with Crippen LogP contribution < -0.4 is 11.3 Å². The smallest absolute Gasteiger partial charge is 0.142 e. The summed E-state index contributed by atoms with van der Waals surface area (Å²) in [6, 6.07) is 5.31. The zero-order valence-corrected chi connectivity index (χ0v) is 12.5. The highest BCUT2D eigenvalue weighted by atomic mass is 35.5. The Hall–Kier alpha value is -0.330. The van der Waals surface area contributed by atoms with E-state index in [1.54, 1.807) is 6.07 Å². The fraction of sp³-hybridized carbons (Fsp3) is 0.538. The first-order valence-corrected chi connectivity index (χ1v) is 7.83. The Labute approximate surface area is 122 Å². The van der Waals surface area contributed by atoms with E-state index in [0.717, 1.165) is 23.6 Å². The molecule has 1 heterocycles. The first kappa shape index (κ1) is 15.1. The van der Waals surface area contributed by atoms with E-state index in [1.165, 1.54) is 6.07 Å². The maximum Gasteiger partial charge on any atom is 0.142 e. The Morgan fingerprint density at radius 1 is 1.63 bits per heavy atom. The predicted molar refractivity (Wildman–Crippen MR) is 80.0 cm³/mol. The van der Waals surface area contributed by atoms with Gasteiger partial charge in [0, 0.05) is 30.1 Å². The molecular weight excluding hydrogens is 285 g/mol. The Morgan fingerprint density at radius 2 is 2.42 bits per heavy atom. The van der Waals surface area contributed by atoms with Gasteiger partial charge >= 0.3 is 0 Å². The second kappa shape index (κ2) is 6.90. The van der Waals surface area contributed by atoms with Crippen LogP contribution in [0.2, 0.25) is 5.02 Å². The zero-order chi connectivity index (χ0) is 13.8. The van der Waals surface area contributed by atoms with Gasteiger partial charge in [0.1, 0.15) is 5.82 Å². The molecule has 1 saturated heterocycles. The molecule has 3 N–H and O–H groups in total. The van der Waals surface area contributed by atoms with Gasteiger partial charge in [0.05, 0.1) is 5.02 Å². The molecule has 0 radical (unpaired) electrons. The fourth-order valence-corrected chi connectivity index (χ4v) is 3.89. The highest BCUT2D eigenvalue weighted by Gasteiger charge is 2.28. The molecule has 3 nitrogen and oxygen atoms in total. The van der Waals surface area contributed by atoms with E-state index in [-0.39, 0.29) is 16.9 Å². The molecular formula is C13H19ClFN3S. The lowest BCUT2D eigenvalue weighted by molar-refractivity contribution is 0.214. The molecule has 2 atom stereocenters.